The summed E-state index contributed by atoms with van der Waals surface area (Å²) in [7, 11) is 0. The van der Waals surface area contributed by atoms with Crippen molar-refractivity contribution in [2.45, 2.75) is 26.3 Å². The summed E-state index contributed by atoms with van der Waals surface area (Å²) in [6, 6.07) is 6.47. The van der Waals surface area contributed by atoms with Crippen molar-refractivity contribution in [1.29, 1.82) is 0 Å². The number of hydrogen-bond acceptors (Lipinski definition) is 4. The van der Waals surface area contributed by atoms with Crippen LogP contribution in [0.3, 0.4) is 0 Å². The van der Waals surface area contributed by atoms with Crippen molar-refractivity contribution in [3.63, 3.8) is 0 Å². The minimum atomic E-state index is 0.0185. The van der Waals surface area contributed by atoms with Crippen molar-refractivity contribution in [2.24, 2.45) is 0 Å². The number of fused-ring (bicyclic) bond motifs is 1. The molecule has 1 aliphatic rings. The summed E-state index contributed by atoms with van der Waals surface area (Å²) in [5.74, 6) is 0. The molecule has 4 heteroatoms. The van der Waals surface area contributed by atoms with Crippen LogP contribution in [0.25, 0.3) is 16.0 Å². The largest absolute Gasteiger partial charge is 0.376 e. The van der Waals surface area contributed by atoms with Crippen molar-refractivity contribution in [3.05, 3.63) is 36.0 Å². The molecule has 1 aromatic carbocycles. The van der Waals surface area contributed by atoms with Gasteiger partial charge in [-0.3, -0.25) is 0 Å². The van der Waals surface area contributed by atoms with Crippen LogP contribution < -0.4 is 5.32 Å². The second kappa shape index (κ2) is 3.92. The number of rotatable bonds is 1. The van der Waals surface area contributed by atoms with E-state index in [-0.39, 0.29) is 5.54 Å². The molecule has 0 saturated carbocycles. The topological polar surface area (TPSA) is 37.8 Å². The number of benzene rings is 1. The molecule has 0 amide bonds. The monoisotopic (exact) mass is 257 g/mol. The van der Waals surface area contributed by atoms with E-state index < -0.39 is 0 Å². The van der Waals surface area contributed by atoms with E-state index in [1.54, 1.807) is 0 Å². The highest BCUT2D eigenvalue weighted by Crippen LogP contribution is 2.36. The summed E-state index contributed by atoms with van der Waals surface area (Å²) in [6.07, 6.45) is 4.08. The zero-order chi connectivity index (χ0) is 12.8. The highest BCUT2D eigenvalue weighted by atomic mass is 32.1. The highest BCUT2D eigenvalue weighted by molar-refractivity contribution is 7.09. The molecule has 3 rings (SSSR count). The fraction of sp³-hybridized carbons (Fsp3) is 0.286. The van der Waals surface area contributed by atoms with Gasteiger partial charge in [-0.2, -0.15) is 0 Å². The molecule has 0 spiro atoms. The van der Waals surface area contributed by atoms with Gasteiger partial charge in [-0.05, 0) is 55.6 Å². The first-order valence-corrected chi connectivity index (χ1v) is 6.72. The number of hydrogen-bond donors (Lipinski definition) is 1. The molecule has 0 radical (unpaired) electrons. The molecule has 18 heavy (non-hydrogen) atoms. The Hall–Kier alpha value is -1.68. The Morgan fingerprint density at radius 3 is 2.83 bits per heavy atom. The Morgan fingerprint density at radius 1 is 1.28 bits per heavy atom. The maximum absolute atomic E-state index is 3.91. The third kappa shape index (κ3) is 1.93. The number of aromatic nitrogens is 2. The lowest BCUT2D eigenvalue weighted by molar-refractivity contribution is 0.707. The third-order valence-electron chi connectivity index (χ3n) is 3.12. The Labute approximate surface area is 111 Å². The van der Waals surface area contributed by atoms with E-state index in [1.807, 2.05) is 6.20 Å². The lowest BCUT2D eigenvalue weighted by Crippen LogP contribution is -2.31. The summed E-state index contributed by atoms with van der Waals surface area (Å²) < 4.78 is 3.91. The van der Waals surface area contributed by atoms with Crippen LogP contribution in [0.4, 0.5) is 5.69 Å². The molecular weight excluding hydrogens is 242 g/mol. The molecule has 3 nitrogen and oxygen atoms in total. The maximum Gasteiger partial charge on any atom is 0.0754 e. The molecule has 92 valence electrons. The number of nitrogens with one attached hydrogen (secondary N) is 1. The van der Waals surface area contributed by atoms with Crippen LogP contribution in [0.15, 0.2) is 30.5 Å². The zero-order valence-corrected chi connectivity index (χ0v) is 11.5. The van der Waals surface area contributed by atoms with Gasteiger partial charge in [0.15, 0.2) is 0 Å². The summed E-state index contributed by atoms with van der Waals surface area (Å²) >= 11 is 1.43. The van der Waals surface area contributed by atoms with E-state index in [0.29, 0.717) is 0 Å². The first kappa shape index (κ1) is 11.4. The molecule has 1 aromatic heterocycles. The lowest BCUT2D eigenvalue weighted by Gasteiger charge is -2.31. The fourth-order valence-corrected chi connectivity index (χ4v) is 2.94. The molecule has 0 unspecified atom stereocenters. The van der Waals surface area contributed by atoms with Gasteiger partial charge in [-0.25, -0.2) is 0 Å². The Bertz CT molecular complexity index is 612. The minimum absolute atomic E-state index is 0.0185. The van der Waals surface area contributed by atoms with Gasteiger partial charge in [0.05, 0.1) is 16.6 Å². The summed E-state index contributed by atoms with van der Waals surface area (Å²) in [5.41, 5.74) is 4.97. The van der Waals surface area contributed by atoms with Gasteiger partial charge in [-0.1, -0.05) is 16.6 Å². The van der Waals surface area contributed by atoms with Gasteiger partial charge in [-0.15, -0.1) is 5.10 Å². The predicted molar refractivity (Wildman–Crippen MR) is 76.7 cm³/mol. The van der Waals surface area contributed by atoms with Crippen LogP contribution >= 0.6 is 11.5 Å². The highest BCUT2D eigenvalue weighted by Gasteiger charge is 2.22. The SMILES string of the molecule is CC1=CC(C)(C)Nc2ccc(-c3cnns3)cc21. The average Bonchev–Trinajstić information content (AvgIpc) is 2.80. The molecule has 2 aromatic rings. The molecule has 0 fully saturated rings. The fourth-order valence-electron chi connectivity index (χ4n) is 2.43. The minimum Gasteiger partial charge on any atom is -0.376 e. The molecule has 2 heterocycles. The standard InChI is InChI=1S/C14H15N3S/c1-9-7-14(2,3)16-12-5-4-10(6-11(9)12)13-8-15-17-18-13/h4-8,16H,1-3H3. The second-order valence-corrected chi connectivity index (χ2v) is 6.00. The first-order chi connectivity index (χ1) is 8.55. The zero-order valence-electron chi connectivity index (χ0n) is 10.7. The van der Waals surface area contributed by atoms with Crippen molar-refractivity contribution in [3.8, 4) is 10.4 Å². The van der Waals surface area contributed by atoms with E-state index in [9.17, 15) is 0 Å². The second-order valence-electron chi connectivity index (χ2n) is 5.22. The van der Waals surface area contributed by atoms with Crippen LogP contribution in [0.2, 0.25) is 0 Å². The van der Waals surface area contributed by atoms with Gasteiger partial charge < -0.3 is 5.32 Å². The van der Waals surface area contributed by atoms with E-state index in [4.69, 9.17) is 0 Å². The van der Waals surface area contributed by atoms with Crippen molar-refractivity contribution in [1.82, 2.24) is 9.59 Å². The Morgan fingerprint density at radius 2 is 2.11 bits per heavy atom. The summed E-state index contributed by atoms with van der Waals surface area (Å²) in [6.45, 7) is 6.52. The lowest BCUT2D eigenvalue weighted by atomic mass is 9.90. The Balaban J connectivity index is 2.10. The molecular formula is C14H15N3S. The van der Waals surface area contributed by atoms with Crippen molar-refractivity contribution in [2.75, 3.05) is 5.32 Å². The van der Waals surface area contributed by atoms with Crippen LogP contribution in [-0.2, 0) is 0 Å². The summed E-state index contributed by atoms with van der Waals surface area (Å²) in [5, 5.41) is 7.43. The van der Waals surface area contributed by atoms with E-state index in [1.165, 1.54) is 33.9 Å². The van der Waals surface area contributed by atoms with Gasteiger partial charge in [0, 0.05) is 11.3 Å². The predicted octanol–water partition coefficient (Wildman–Crippen LogP) is 3.81. The molecule has 0 saturated heterocycles. The normalized spacial score (nSPS) is 16.7. The molecule has 0 atom stereocenters. The third-order valence-corrected chi connectivity index (χ3v) is 3.84. The van der Waals surface area contributed by atoms with Crippen LogP contribution in [0.5, 0.6) is 0 Å². The van der Waals surface area contributed by atoms with E-state index >= 15 is 0 Å². The average molecular weight is 257 g/mol. The molecule has 1 aliphatic heterocycles. The van der Waals surface area contributed by atoms with Gasteiger partial charge in [0.1, 0.15) is 0 Å². The van der Waals surface area contributed by atoms with Gasteiger partial charge >= 0.3 is 0 Å². The van der Waals surface area contributed by atoms with Crippen molar-refractivity contribution >= 4 is 22.8 Å². The van der Waals surface area contributed by atoms with Crippen LogP contribution in [0.1, 0.15) is 26.3 Å². The maximum atomic E-state index is 3.91. The van der Waals surface area contributed by atoms with Crippen LogP contribution in [0, 0.1) is 0 Å². The van der Waals surface area contributed by atoms with E-state index in [0.717, 1.165) is 4.88 Å². The van der Waals surface area contributed by atoms with E-state index in [2.05, 4.69) is 60.0 Å². The molecule has 0 bridgehead atoms. The van der Waals surface area contributed by atoms with Gasteiger partial charge in [0.2, 0.25) is 0 Å². The molecule has 0 aliphatic carbocycles. The number of allylic oxidation sites excluding steroid dienone is 1. The van der Waals surface area contributed by atoms with Crippen LogP contribution in [-0.4, -0.2) is 15.1 Å². The number of nitrogens with zero attached hydrogens (tertiary/aromatic N) is 2. The van der Waals surface area contributed by atoms with Gasteiger partial charge in [0.25, 0.3) is 0 Å². The first-order valence-electron chi connectivity index (χ1n) is 5.95. The number of anilines is 1. The summed E-state index contributed by atoms with van der Waals surface area (Å²) in [4.78, 5) is 1.11. The quantitative estimate of drug-likeness (QED) is 0.844. The Kier molecular flexibility index (Phi) is 2.48. The molecule has 1 N–H and O–H groups in total. The van der Waals surface area contributed by atoms with Crippen molar-refractivity contribution < 1.29 is 0 Å². The smallest absolute Gasteiger partial charge is 0.0754 e.